The molecule has 110 valence electrons. The molecule has 0 saturated carbocycles. The number of nitrogens with zero attached hydrogens (tertiary/aromatic N) is 2. The van der Waals surface area contributed by atoms with Crippen LogP contribution in [0.25, 0.3) is 0 Å². The molecule has 0 amide bonds. The highest BCUT2D eigenvalue weighted by atomic mass is 35.5. The molecule has 0 heterocycles. The number of halogens is 2. The van der Waals surface area contributed by atoms with Gasteiger partial charge >= 0.3 is 0 Å². The van der Waals surface area contributed by atoms with E-state index in [1.807, 2.05) is 0 Å². The summed E-state index contributed by atoms with van der Waals surface area (Å²) in [4.78, 5) is 12.6. The summed E-state index contributed by atoms with van der Waals surface area (Å²) in [5, 5.41) is 36.8. The number of hydrogen-bond donors (Lipinski definition) is 2. The Hall–Kier alpha value is -2.31. The van der Waals surface area contributed by atoms with Crippen LogP contribution in [0.15, 0.2) is 52.3 Å². The smallest absolute Gasteiger partial charge is 0.201 e. The van der Waals surface area contributed by atoms with Crippen LogP contribution < -0.4 is 0 Å². The molecule has 0 radical (unpaired) electrons. The van der Waals surface area contributed by atoms with Gasteiger partial charge < -0.3 is 10.2 Å². The summed E-state index contributed by atoms with van der Waals surface area (Å²) in [5.74, 6) is -1.60. The minimum absolute atomic E-state index is 0.0894. The monoisotopic (exact) mass is 334 g/mol. The zero-order valence-electron chi connectivity index (χ0n) is 10.9. The fraction of sp³-hybridized carbons (Fsp3) is 0.133. The van der Waals surface area contributed by atoms with Crippen LogP contribution in [0.4, 0.5) is 0 Å². The van der Waals surface area contributed by atoms with Crippen molar-refractivity contribution in [2.24, 2.45) is 0 Å². The van der Waals surface area contributed by atoms with Gasteiger partial charge in [0.2, 0.25) is 5.78 Å². The number of aliphatic hydroxyl groups is 2. The molecule has 2 N–H and O–H groups in total. The van der Waals surface area contributed by atoms with Crippen molar-refractivity contribution in [3.63, 3.8) is 0 Å². The van der Waals surface area contributed by atoms with Crippen LogP contribution in [-0.2, 0) is 0 Å². The van der Waals surface area contributed by atoms with E-state index in [0.717, 1.165) is 0 Å². The van der Waals surface area contributed by atoms with E-state index in [1.54, 1.807) is 30.3 Å². The summed E-state index contributed by atoms with van der Waals surface area (Å²) in [6, 6.07) is 10.8. The van der Waals surface area contributed by atoms with Crippen molar-refractivity contribution in [1.82, 2.24) is 0 Å². The van der Waals surface area contributed by atoms with E-state index < -0.39 is 38.7 Å². The highest BCUT2D eigenvalue weighted by Gasteiger charge is 2.53. The van der Waals surface area contributed by atoms with Crippen molar-refractivity contribution in [1.29, 1.82) is 10.5 Å². The Labute approximate surface area is 135 Å². The standard InChI is InChI=1S/C15H8Cl2N2O3/c16-11-12(20)9(6-18)10(7-19)15(22,13(11)17)14(21)8-4-2-1-3-5-8/h1-5,13,20,22H. The second kappa shape index (κ2) is 5.82. The highest BCUT2D eigenvalue weighted by molar-refractivity contribution is 6.40. The topological polar surface area (TPSA) is 105 Å². The van der Waals surface area contributed by atoms with Gasteiger partial charge in [0.05, 0.1) is 16.7 Å². The molecule has 22 heavy (non-hydrogen) atoms. The first kappa shape index (κ1) is 16.1. The first-order valence-electron chi connectivity index (χ1n) is 5.99. The first-order valence-corrected chi connectivity index (χ1v) is 6.81. The molecule has 2 rings (SSSR count). The van der Waals surface area contributed by atoms with Crippen LogP contribution in [0, 0.1) is 22.7 Å². The molecule has 1 aromatic rings. The largest absolute Gasteiger partial charge is 0.505 e. The molecule has 1 aliphatic carbocycles. The predicted molar refractivity (Wildman–Crippen MR) is 79.1 cm³/mol. The summed E-state index contributed by atoms with van der Waals surface area (Å²) in [6.45, 7) is 0. The Morgan fingerprint density at radius 3 is 2.32 bits per heavy atom. The Morgan fingerprint density at radius 1 is 1.23 bits per heavy atom. The van der Waals surface area contributed by atoms with Crippen molar-refractivity contribution in [3.8, 4) is 12.1 Å². The van der Waals surface area contributed by atoms with Crippen LogP contribution in [0.2, 0.25) is 0 Å². The first-order chi connectivity index (χ1) is 10.4. The number of carbonyl (C=O) groups excluding carboxylic acids is 1. The van der Waals surface area contributed by atoms with Crippen LogP contribution >= 0.6 is 23.2 Å². The number of allylic oxidation sites excluding steroid dienone is 1. The van der Waals surface area contributed by atoms with Gasteiger partial charge in [-0.25, -0.2) is 0 Å². The normalized spacial score (nSPS) is 24.7. The van der Waals surface area contributed by atoms with Gasteiger partial charge in [0.15, 0.2) is 11.4 Å². The Bertz CT molecular complexity index is 787. The van der Waals surface area contributed by atoms with E-state index in [4.69, 9.17) is 28.5 Å². The maximum Gasteiger partial charge on any atom is 0.201 e. The molecule has 5 nitrogen and oxygen atoms in total. The molecule has 2 atom stereocenters. The van der Waals surface area contributed by atoms with E-state index in [1.165, 1.54) is 12.1 Å². The van der Waals surface area contributed by atoms with E-state index in [0.29, 0.717) is 0 Å². The summed E-state index contributed by atoms with van der Waals surface area (Å²) < 4.78 is 0. The number of aliphatic hydroxyl groups excluding tert-OH is 1. The van der Waals surface area contributed by atoms with Gasteiger partial charge in [-0.15, -0.1) is 11.6 Å². The average molecular weight is 335 g/mol. The highest BCUT2D eigenvalue weighted by Crippen LogP contribution is 2.42. The lowest BCUT2D eigenvalue weighted by Gasteiger charge is -2.34. The van der Waals surface area contributed by atoms with Gasteiger partial charge in [0.25, 0.3) is 0 Å². The minimum atomic E-state index is -2.54. The van der Waals surface area contributed by atoms with E-state index in [-0.39, 0.29) is 5.56 Å². The SMILES string of the molecule is N#CC1=C(C#N)C(O)(C(=O)c2ccccc2)C(Cl)C(Cl)=C1O. The number of nitriles is 2. The molecular weight excluding hydrogens is 327 g/mol. The van der Waals surface area contributed by atoms with E-state index in [9.17, 15) is 20.3 Å². The third kappa shape index (κ3) is 2.17. The summed E-state index contributed by atoms with van der Waals surface area (Å²) in [7, 11) is 0. The van der Waals surface area contributed by atoms with Gasteiger partial charge in [-0.1, -0.05) is 41.9 Å². The molecule has 0 bridgehead atoms. The van der Waals surface area contributed by atoms with E-state index in [2.05, 4.69) is 0 Å². The molecule has 0 spiro atoms. The molecule has 2 unspecified atom stereocenters. The number of Topliss-reactive ketones (excluding diaryl/α,β-unsaturated/α-hetero) is 1. The quantitative estimate of drug-likeness (QED) is 0.638. The molecule has 1 aliphatic rings. The van der Waals surface area contributed by atoms with Crippen LogP contribution in [-0.4, -0.2) is 27.0 Å². The van der Waals surface area contributed by atoms with Crippen molar-refractivity contribution in [2.45, 2.75) is 11.0 Å². The lowest BCUT2D eigenvalue weighted by atomic mass is 9.77. The molecule has 0 aromatic heterocycles. The Balaban J connectivity index is 2.73. The van der Waals surface area contributed by atoms with Crippen molar-refractivity contribution < 1.29 is 15.0 Å². The number of benzene rings is 1. The minimum Gasteiger partial charge on any atom is -0.505 e. The second-order valence-electron chi connectivity index (χ2n) is 4.49. The molecule has 0 fully saturated rings. The lowest BCUT2D eigenvalue weighted by Crippen LogP contribution is -2.51. The third-order valence-electron chi connectivity index (χ3n) is 3.29. The average Bonchev–Trinajstić information content (AvgIpc) is 2.56. The number of rotatable bonds is 2. The van der Waals surface area contributed by atoms with Gasteiger partial charge in [-0.2, -0.15) is 10.5 Å². The second-order valence-corrected chi connectivity index (χ2v) is 5.34. The van der Waals surface area contributed by atoms with Crippen molar-refractivity contribution in [3.05, 3.63) is 57.8 Å². The molecule has 0 saturated heterocycles. The number of carbonyl (C=O) groups is 1. The Kier molecular flexibility index (Phi) is 4.25. The van der Waals surface area contributed by atoms with Gasteiger partial charge in [-0.05, 0) is 0 Å². The van der Waals surface area contributed by atoms with Crippen LogP contribution in [0.1, 0.15) is 10.4 Å². The predicted octanol–water partition coefficient (Wildman–Crippen LogP) is 2.57. The van der Waals surface area contributed by atoms with Gasteiger partial charge in [0, 0.05) is 5.56 Å². The molecule has 7 heteroatoms. The summed E-state index contributed by atoms with van der Waals surface area (Å²) in [5.41, 5.74) is -3.65. The van der Waals surface area contributed by atoms with Crippen LogP contribution in [0.3, 0.4) is 0 Å². The van der Waals surface area contributed by atoms with Gasteiger partial charge in [-0.3, -0.25) is 4.79 Å². The maximum atomic E-state index is 12.6. The third-order valence-corrected chi connectivity index (χ3v) is 4.33. The zero-order valence-corrected chi connectivity index (χ0v) is 12.4. The fourth-order valence-corrected chi connectivity index (χ4v) is 2.71. The van der Waals surface area contributed by atoms with E-state index >= 15 is 0 Å². The zero-order chi connectivity index (χ0) is 16.5. The van der Waals surface area contributed by atoms with Crippen LogP contribution in [0.5, 0.6) is 0 Å². The number of alkyl halides is 1. The van der Waals surface area contributed by atoms with Gasteiger partial charge in [0.1, 0.15) is 17.0 Å². The fourth-order valence-electron chi connectivity index (χ4n) is 2.15. The Morgan fingerprint density at radius 2 is 1.82 bits per heavy atom. The lowest BCUT2D eigenvalue weighted by molar-refractivity contribution is 0.0505. The summed E-state index contributed by atoms with van der Waals surface area (Å²) in [6.07, 6.45) is 0. The van der Waals surface area contributed by atoms with Crippen molar-refractivity contribution in [2.75, 3.05) is 0 Å². The maximum absolute atomic E-state index is 12.6. The van der Waals surface area contributed by atoms with Crippen molar-refractivity contribution >= 4 is 29.0 Å². The number of hydrogen-bond acceptors (Lipinski definition) is 5. The summed E-state index contributed by atoms with van der Waals surface area (Å²) >= 11 is 11.8. The number of ketones is 1. The molecule has 0 aliphatic heterocycles. The molecular formula is C15H8Cl2N2O3. The molecule has 1 aromatic carbocycles.